The van der Waals surface area contributed by atoms with Crippen molar-refractivity contribution in [3.05, 3.63) is 59.4 Å². The van der Waals surface area contributed by atoms with Crippen molar-refractivity contribution >= 4 is 17.3 Å². The number of amides is 1. The van der Waals surface area contributed by atoms with Gasteiger partial charge in [-0.1, -0.05) is 6.07 Å². The molecule has 0 atom stereocenters. The molecule has 1 amide bonds. The Hall–Kier alpha value is -2.87. The molecule has 0 saturated heterocycles. The predicted molar refractivity (Wildman–Crippen MR) is 69.9 cm³/mol. The third-order valence-electron chi connectivity index (χ3n) is 2.43. The first-order valence-corrected chi connectivity index (χ1v) is 5.46. The Morgan fingerprint density at radius 2 is 2.05 bits per heavy atom. The smallest absolute Gasteiger partial charge is 0.255 e. The molecule has 0 aromatic heterocycles. The summed E-state index contributed by atoms with van der Waals surface area (Å²) in [6.07, 6.45) is 0. The summed E-state index contributed by atoms with van der Waals surface area (Å²) < 4.78 is 13.1. The van der Waals surface area contributed by atoms with Crippen molar-refractivity contribution in [2.75, 3.05) is 11.1 Å². The largest absolute Gasteiger partial charge is 0.399 e. The van der Waals surface area contributed by atoms with Gasteiger partial charge in [0.15, 0.2) is 0 Å². The summed E-state index contributed by atoms with van der Waals surface area (Å²) in [4.78, 5) is 11.9. The Morgan fingerprint density at radius 1 is 1.26 bits per heavy atom. The van der Waals surface area contributed by atoms with Crippen molar-refractivity contribution < 1.29 is 9.18 Å². The molecular formula is C14H10FN3O. The number of benzene rings is 2. The summed E-state index contributed by atoms with van der Waals surface area (Å²) in [6.45, 7) is 0. The van der Waals surface area contributed by atoms with Crippen molar-refractivity contribution in [3.8, 4) is 6.07 Å². The van der Waals surface area contributed by atoms with Gasteiger partial charge in [-0.05, 0) is 36.4 Å². The molecule has 2 aromatic carbocycles. The van der Waals surface area contributed by atoms with Crippen molar-refractivity contribution in [1.82, 2.24) is 0 Å². The third-order valence-corrected chi connectivity index (χ3v) is 2.43. The predicted octanol–water partition coefficient (Wildman–Crippen LogP) is 2.53. The highest BCUT2D eigenvalue weighted by Crippen LogP contribution is 2.16. The molecule has 0 aliphatic heterocycles. The molecule has 0 bridgehead atoms. The molecule has 2 rings (SSSR count). The molecule has 4 nitrogen and oxygen atoms in total. The van der Waals surface area contributed by atoms with Crippen LogP contribution in [0, 0.1) is 17.1 Å². The van der Waals surface area contributed by atoms with Crippen molar-refractivity contribution in [2.24, 2.45) is 0 Å². The minimum atomic E-state index is -0.527. The van der Waals surface area contributed by atoms with E-state index in [-0.39, 0.29) is 11.4 Å². The number of carbonyl (C=O) groups is 1. The van der Waals surface area contributed by atoms with E-state index >= 15 is 0 Å². The number of nitrogen functional groups attached to an aromatic ring is 1. The van der Waals surface area contributed by atoms with E-state index in [9.17, 15) is 9.18 Å². The lowest BCUT2D eigenvalue weighted by Gasteiger charge is -2.06. The van der Waals surface area contributed by atoms with Gasteiger partial charge in [-0.2, -0.15) is 5.26 Å². The van der Waals surface area contributed by atoms with Crippen LogP contribution in [0.2, 0.25) is 0 Å². The summed E-state index contributed by atoms with van der Waals surface area (Å²) in [7, 11) is 0. The van der Waals surface area contributed by atoms with Crippen LogP contribution in [0.5, 0.6) is 0 Å². The molecule has 0 aliphatic rings. The monoisotopic (exact) mass is 255 g/mol. The van der Waals surface area contributed by atoms with Crippen LogP contribution in [-0.2, 0) is 0 Å². The van der Waals surface area contributed by atoms with Gasteiger partial charge in [0.2, 0.25) is 0 Å². The number of halogens is 1. The average Bonchev–Trinajstić information content (AvgIpc) is 2.37. The van der Waals surface area contributed by atoms with Crippen LogP contribution < -0.4 is 11.1 Å². The molecule has 0 saturated carbocycles. The van der Waals surface area contributed by atoms with Gasteiger partial charge >= 0.3 is 0 Å². The molecule has 0 heterocycles. The van der Waals surface area contributed by atoms with Crippen LogP contribution in [0.4, 0.5) is 15.8 Å². The number of carbonyl (C=O) groups excluding carboxylic acids is 1. The zero-order valence-electron chi connectivity index (χ0n) is 9.85. The van der Waals surface area contributed by atoms with Crippen molar-refractivity contribution in [3.63, 3.8) is 0 Å². The highest BCUT2D eigenvalue weighted by atomic mass is 19.1. The molecule has 0 aliphatic carbocycles. The van der Waals surface area contributed by atoms with E-state index in [1.165, 1.54) is 18.2 Å². The van der Waals surface area contributed by atoms with E-state index in [4.69, 9.17) is 11.0 Å². The molecule has 0 radical (unpaired) electrons. The normalized spacial score (nSPS) is 9.68. The Balaban J connectivity index is 2.23. The Bertz CT molecular complexity index is 656. The van der Waals surface area contributed by atoms with Gasteiger partial charge in [0, 0.05) is 16.9 Å². The molecular weight excluding hydrogens is 245 g/mol. The summed E-state index contributed by atoms with van der Waals surface area (Å²) in [5.41, 5.74) is 6.68. The SMILES string of the molecule is N#Cc1cccc(C(=O)Nc2cc(N)cc(F)c2)c1. The number of hydrogen-bond donors (Lipinski definition) is 2. The number of nitrogens with one attached hydrogen (secondary N) is 1. The zero-order chi connectivity index (χ0) is 13.8. The first-order chi connectivity index (χ1) is 9.08. The van der Waals surface area contributed by atoms with Gasteiger partial charge in [0.1, 0.15) is 5.82 Å². The molecule has 5 heteroatoms. The first kappa shape index (κ1) is 12.6. The number of anilines is 2. The highest BCUT2D eigenvalue weighted by Gasteiger charge is 2.08. The fourth-order valence-corrected chi connectivity index (χ4v) is 1.62. The topological polar surface area (TPSA) is 78.9 Å². The second-order valence-corrected chi connectivity index (χ2v) is 3.92. The van der Waals surface area contributed by atoms with E-state index in [0.29, 0.717) is 11.1 Å². The number of nitriles is 1. The Morgan fingerprint density at radius 3 is 2.74 bits per heavy atom. The van der Waals surface area contributed by atoms with E-state index in [1.54, 1.807) is 18.2 Å². The molecule has 94 valence electrons. The third kappa shape index (κ3) is 3.07. The second kappa shape index (κ2) is 5.19. The summed E-state index contributed by atoms with van der Waals surface area (Å²) in [5.74, 6) is -0.955. The van der Waals surface area contributed by atoms with Crippen molar-refractivity contribution in [2.45, 2.75) is 0 Å². The van der Waals surface area contributed by atoms with Crippen LogP contribution in [0.15, 0.2) is 42.5 Å². The summed E-state index contributed by atoms with van der Waals surface area (Å²) in [5, 5.41) is 11.3. The van der Waals surface area contributed by atoms with Crippen LogP contribution in [0.3, 0.4) is 0 Å². The molecule has 0 fully saturated rings. The highest BCUT2D eigenvalue weighted by molar-refractivity contribution is 6.04. The summed E-state index contributed by atoms with van der Waals surface area (Å²) in [6, 6.07) is 11.9. The van der Waals surface area contributed by atoms with Gasteiger partial charge < -0.3 is 11.1 Å². The van der Waals surface area contributed by atoms with Gasteiger partial charge in [-0.15, -0.1) is 0 Å². The quantitative estimate of drug-likeness (QED) is 0.809. The molecule has 3 N–H and O–H groups in total. The van der Waals surface area contributed by atoms with Crippen LogP contribution >= 0.6 is 0 Å². The lowest BCUT2D eigenvalue weighted by Crippen LogP contribution is -2.12. The summed E-state index contributed by atoms with van der Waals surface area (Å²) >= 11 is 0. The number of rotatable bonds is 2. The number of nitrogens with two attached hydrogens (primary N) is 1. The van der Waals surface area contributed by atoms with Gasteiger partial charge in [0.25, 0.3) is 5.91 Å². The van der Waals surface area contributed by atoms with Crippen LogP contribution in [0.1, 0.15) is 15.9 Å². The van der Waals surface area contributed by atoms with E-state index < -0.39 is 11.7 Å². The van der Waals surface area contributed by atoms with Crippen molar-refractivity contribution in [1.29, 1.82) is 5.26 Å². The Labute approximate surface area is 109 Å². The van der Waals surface area contributed by atoms with Gasteiger partial charge in [0.05, 0.1) is 11.6 Å². The maximum atomic E-state index is 13.1. The first-order valence-electron chi connectivity index (χ1n) is 5.46. The van der Waals surface area contributed by atoms with Gasteiger partial charge in [-0.3, -0.25) is 4.79 Å². The minimum absolute atomic E-state index is 0.223. The minimum Gasteiger partial charge on any atom is -0.399 e. The lowest BCUT2D eigenvalue weighted by atomic mass is 10.1. The fourth-order valence-electron chi connectivity index (χ4n) is 1.62. The fraction of sp³-hybridized carbons (Fsp3) is 0. The molecule has 2 aromatic rings. The lowest BCUT2D eigenvalue weighted by molar-refractivity contribution is 0.102. The second-order valence-electron chi connectivity index (χ2n) is 3.92. The standard InChI is InChI=1S/C14H10FN3O/c15-11-5-12(17)7-13(6-11)18-14(19)10-3-1-2-9(4-10)8-16/h1-7H,17H2,(H,18,19). The zero-order valence-corrected chi connectivity index (χ0v) is 9.85. The average molecular weight is 255 g/mol. The molecule has 0 spiro atoms. The van der Waals surface area contributed by atoms with Gasteiger partial charge in [-0.25, -0.2) is 4.39 Å². The molecule has 0 unspecified atom stereocenters. The maximum Gasteiger partial charge on any atom is 0.255 e. The van der Waals surface area contributed by atoms with E-state index in [2.05, 4.69) is 5.32 Å². The number of hydrogen-bond acceptors (Lipinski definition) is 3. The Kier molecular flexibility index (Phi) is 3.44. The van der Waals surface area contributed by atoms with Crippen LogP contribution in [-0.4, -0.2) is 5.91 Å². The maximum absolute atomic E-state index is 13.1. The van der Waals surface area contributed by atoms with E-state index in [1.807, 2.05) is 6.07 Å². The number of nitrogens with zero attached hydrogens (tertiary/aromatic N) is 1. The molecule has 19 heavy (non-hydrogen) atoms. The van der Waals surface area contributed by atoms with E-state index in [0.717, 1.165) is 6.07 Å². The van der Waals surface area contributed by atoms with Crippen LogP contribution in [0.25, 0.3) is 0 Å².